The Bertz CT molecular complexity index is 181. The zero-order chi connectivity index (χ0) is 12.4. The Morgan fingerprint density at radius 3 is 2.25 bits per heavy atom. The van der Waals surface area contributed by atoms with Crippen molar-refractivity contribution in [1.29, 1.82) is 0 Å². The molecule has 0 aromatic rings. The molecule has 0 aliphatic heterocycles. The zero-order valence-electron chi connectivity index (χ0n) is 11.0. The lowest BCUT2D eigenvalue weighted by atomic mass is 10.0. The number of rotatable bonds is 9. The van der Waals surface area contributed by atoms with Crippen molar-refractivity contribution in [3.8, 4) is 0 Å². The van der Waals surface area contributed by atoms with Crippen molar-refractivity contribution in [3.05, 3.63) is 0 Å². The number of hydrogen-bond donors (Lipinski definition) is 0. The number of carbonyl (C=O) groups excluding carboxylic acids is 1. The molecule has 0 aliphatic carbocycles. The van der Waals surface area contributed by atoms with Crippen molar-refractivity contribution in [3.63, 3.8) is 0 Å². The van der Waals surface area contributed by atoms with Gasteiger partial charge in [0.2, 0.25) is 5.91 Å². The first-order chi connectivity index (χ1) is 7.69. The molecular weight excluding hydrogens is 266 g/mol. The Kier molecular flexibility index (Phi) is 10.1. The second kappa shape index (κ2) is 10.1. The number of hydrogen-bond acceptors (Lipinski definition) is 1. The van der Waals surface area contributed by atoms with E-state index in [2.05, 4.69) is 36.7 Å². The second-order valence-electron chi connectivity index (χ2n) is 4.26. The molecule has 0 unspecified atom stereocenters. The molecule has 0 aliphatic rings. The van der Waals surface area contributed by atoms with Gasteiger partial charge in [-0.2, -0.15) is 0 Å². The van der Waals surface area contributed by atoms with E-state index in [4.69, 9.17) is 0 Å². The van der Waals surface area contributed by atoms with E-state index in [1.54, 1.807) is 0 Å². The summed E-state index contributed by atoms with van der Waals surface area (Å²) in [7, 11) is 0. The minimum absolute atomic E-state index is 0.329. The smallest absolute Gasteiger partial charge is 0.222 e. The average Bonchev–Trinajstić information content (AvgIpc) is 2.31. The molecule has 1 amide bonds. The van der Waals surface area contributed by atoms with Crippen molar-refractivity contribution in [2.45, 2.75) is 52.9 Å². The first kappa shape index (κ1) is 16.0. The summed E-state index contributed by atoms with van der Waals surface area (Å²) in [6.45, 7) is 8.28. The molecule has 0 fully saturated rings. The maximum Gasteiger partial charge on any atom is 0.222 e. The summed E-state index contributed by atoms with van der Waals surface area (Å²) in [4.78, 5) is 13.9. The van der Waals surface area contributed by atoms with Crippen LogP contribution in [0.3, 0.4) is 0 Å². The van der Waals surface area contributed by atoms with E-state index in [0.717, 1.165) is 31.3 Å². The fourth-order valence-corrected chi connectivity index (χ4v) is 2.19. The van der Waals surface area contributed by atoms with Crippen molar-refractivity contribution < 1.29 is 4.79 Å². The maximum atomic E-state index is 11.9. The molecule has 0 aromatic heterocycles. The van der Waals surface area contributed by atoms with E-state index in [1.165, 1.54) is 12.8 Å². The van der Waals surface area contributed by atoms with Crippen LogP contribution in [0.2, 0.25) is 0 Å². The van der Waals surface area contributed by atoms with Gasteiger partial charge in [-0.15, -0.1) is 0 Å². The van der Waals surface area contributed by atoms with Crippen LogP contribution in [0.15, 0.2) is 0 Å². The van der Waals surface area contributed by atoms with E-state index in [-0.39, 0.29) is 0 Å². The molecule has 0 heterocycles. The first-order valence-electron chi connectivity index (χ1n) is 6.53. The van der Waals surface area contributed by atoms with Gasteiger partial charge in [-0.3, -0.25) is 4.79 Å². The molecular formula is C13H26BrNO. The van der Waals surface area contributed by atoms with Gasteiger partial charge in [-0.1, -0.05) is 42.6 Å². The summed E-state index contributed by atoms with van der Waals surface area (Å²) in [6.07, 6.45) is 5.14. The van der Waals surface area contributed by atoms with Crippen LogP contribution in [0.5, 0.6) is 0 Å². The molecule has 0 atom stereocenters. The van der Waals surface area contributed by atoms with Gasteiger partial charge in [-0.05, 0) is 25.7 Å². The quantitative estimate of drug-likeness (QED) is 0.467. The molecule has 0 bridgehead atoms. The standard InChI is InChI=1S/C13H26BrNO/c1-4-12(5-2)11-15(6-3)13(16)9-7-8-10-14/h12H,4-11H2,1-3H3. The number of halogens is 1. The predicted octanol–water partition coefficient (Wildman–Crippen LogP) is 3.84. The Balaban J connectivity index is 4.00. The highest BCUT2D eigenvalue weighted by molar-refractivity contribution is 9.09. The normalized spacial score (nSPS) is 10.8. The van der Waals surface area contributed by atoms with Crippen molar-refractivity contribution >= 4 is 21.8 Å². The molecule has 0 spiro atoms. The topological polar surface area (TPSA) is 20.3 Å². The lowest BCUT2D eigenvalue weighted by Gasteiger charge is -2.25. The van der Waals surface area contributed by atoms with Gasteiger partial charge >= 0.3 is 0 Å². The Morgan fingerprint density at radius 1 is 1.19 bits per heavy atom. The summed E-state index contributed by atoms with van der Waals surface area (Å²) >= 11 is 3.39. The van der Waals surface area contributed by atoms with Crippen LogP contribution in [-0.2, 0) is 4.79 Å². The van der Waals surface area contributed by atoms with Crippen LogP contribution in [-0.4, -0.2) is 29.2 Å². The molecule has 0 aromatic carbocycles. The van der Waals surface area contributed by atoms with Crippen LogP contribution in [0, 0.1) is 5.92 Å². The summed E-state index contributed by atoms with van der Waals surface area (Å²) < 4.78 is 0. The van der Waals surface area contributed by atoms with E-state index in [0.29, 0.717) is 18.2 Å². The Morgan fingerprint density at radius 2 is 1.81 bits per heavy atom. The third kappa shape index (κ3) is 6.51. The predicted molar refractivity (Wildman–Crippen MR) is 74.0 cm³/mol. The van der Waals surface area contributed by atoms with E-state index < -0.39 is 0 Å². The largest absolute Gasteiger partial charge is 0.343 e. The summed E-state index contributed by atoms with van der Waals surface area (Å²) in [5.41, 5.74) is 0. The van der Waals surface area contributed by atoms with Gasteiger partial charge in [0.05, 0.1) is 0 Å². The third-order valence-electron chi connectivity index (χ3n) is 3.14. The van der Waals surface area contributed by atoms with Crippen LogP contribution < -0.4 is 0 Å². The molecule has 0 saturated heterocycles. The molecule has 0 rings (SSSR count). The van der Waals surface area contributed by atoms with Crippen LogP contribution >= 0.6 is 15.9 Å². The van der Waals surface area contributed by atoms with Gasteiger partial charge in [0, 0.05) is 24.8 Å². The number of nitrogens with zero attached hydrogens (tertiary/aromatic N) is 1. The first-order valence-corrected chi connectivity index (χ1v) is 7.65. The zero-order valence-corrected chi connectivity index (χ0v) is 12.6. The molecule has 3 heteroatoms. The van der Waals surface area contributed by atoms with Crippen molar-refractivity contribution in [2.75, 3.05) is 18.4 Å². The SMILES string of the molecule is CCC(CC)CN(CC)C(=O)CCCCBr. The number of unbranched alkanes of at least 4 members (excludes halogenated alkanes) is 1. The minimum Gasteiger partial charge on any atom is -0.343 e. The van der Waals surface area contributed by atoms with Crippen LogP contribution in [0.1, 0.15) is 52.9 Å². The van der Waals surface area contributed by atoms with Crippen molar-refractivity contribution in [1.82, 2.24) is 4.90 Å². The Labute approximate surface area is 109 Å². The minimum atomic E-state index is 0.329. The molecule has 0 N–H and O–H groups in total. The molecule has 96 valence electrons. The fraction of sp³-hybridized carbons (Fsp3) is 0.923. The average molecular weight is 292 g/mol. The monoisotopic (exact) mass is 291 g/mol. The van der Waals surface area contributed by atoms with E-state index in [1.807, 2.05) is 4.90 Å². The maximum absolute atomic E-state index is 11.9. The van der Waals surface area contributed by atoms with Gasteiger partial charge in [0.15, 0.2) is 0 Å². The highest BCUT2D eigenvalue weighted by Gasteiger charge is 2.14. The summed E-state index contributed by atoms with van der Waals surface area (Å²) in [5.74, 6) is 0.996. The third-order valence-corrected chi connectivity index (χ3v) is 3.70. The van der Waals surface area contributed by atoms with Crippen LogP contribution in [0.4, 0.5) is 0 Å². The molecule has 0 saturated carbocycles. The lowest BCUT2D eigenvalue weighted by molar-refractivity contribution is -0.131. The summed E-state index contributed by atoms with van der Waals surface area (Å²) in [5, 5.41) is 0.999. The number of carbonyl (C=O) groups is 1. The van der Waals surface area contributed by atoms with Gasteiger partial charge in [0.1, 0.15) is 0 Å². The van der Waals surface area contributed by atoms with Crippen LogP contribution in [0.25, 0.3) is 0 Å². The van der Waals surface area contributed by atoms with Gasteiger partial charge in [-0.25, -0.2) is 0 Å². The van der Waals surface area contributed by atoms with E-state index in [9.17, 15) is 4.79 Å². The van der Waals surface area contributed by atoms with Crippen molar-refractivity contribution in [2.24, 2.45) is 5.92 Å². The highest BCUT2D eigenvalue weighted by atomic mass is 79.9. The summed E-state index contributed by atoms with van der Waals surface area (Å²) in [6, 6.07) is 0. The molecule has 16 heavy (non-hydrogen) atoms. The lowest BCUT2D eigenvalue weighted by Crippen LogP contribution is -2.34. The van der Waals surface area contributed by atoms with E-state index >= 15 is 0 Å². The number of alkyl halides is 1. The highest BCUT2D eigenvalue weighted by Crippen LogP contribution is 2.11. The Hall–Kier alpha value is -0.0500. The second-order valence-corrected chi connectivity index (χ2v) is 5.05. The fourth-order valence-electron chi connectivity index (χ4n) is 1.79. The number of amides is 1. The van der Waals surface area contributed by atoms with Gasteiger partial charge in [0.25, 0.3) is 0 Å². The van der Waals surface area contributed by atoms with Gasteiger partial charge < -0.3 is 4.90 Å². The molecule has 0 radical (unpaired) electrons. The molecule has 2 nitrogen and oxygen atoms in total.